The van der Waals surface area contributed by atoms with Gasteiger partial charge in [-0.25, -0.2) is 0 Å². The fraction of sp³-hybridized carbons (Fsp3) is 0.429. The molecule has 0 bridgehead atoms. The summed E-state index contributed by atoms with van der Waals surface area (Å²) in [5.74, 6) is 2.96. The largest absolute Gasteiger partial charge is 0.175 e. The van der Waals surface area contributed by atoms with E-state index in [9.17, 15) is 0 Å². The van der Waals surface area contributed by atoms with Gasteiger partial charge in [0.05, 0.1) is 0 Å². The van der Waals surface area contributed by atoms with Gasteiger partial charge in [-0.2, -0.15) is 24.4 Å². The van der Waals surface area contributed by atoms with E-state index in [0.717, 1.165) is 17.3 Å². The minimum absolute atomic E-state index is 0.842. The predicted molar refractivity (Wildman–Crippen MR) is 50.5 cm³/mol. The van der Waals surface area contributed by atoms with Gasteiger partial charge in [-0.3, -0.25) is 0 Å². The Bertz CT molecular complexity index is 86.9. The maximum Gasteiger partial charge on any atom is 0.0116 e. The van der Waals surface area contributed by atoms with Crippen molar-refractivity contribution in [3.8, 4) is 0 Å². The monoisotopic (exact) mass is 160 g/mol. The van der Waals surface area contributed by atoms with E-state index >= 15 is 0 Å². The second-order valence-electron chi connectivity index (χ2n) is 1.48. The molecule has 0 fully saturated rings. The molecule has 0 aliphatic heterocycles. The van der Waals surface area contributed by atoms with Crippen molar-refractivity contribution in [2.45, 2.75) is 0 Å². The lowest BCUT2D eigenvalue weighted by Crippen LogP contribution is -1.72. The molecular weight excluding hydrogens is 148 g/mol. The average molecular weight is 160 g/mol. The highest BCUT2D eigenvalue weighted by molar-refractivity contribution is 7.99. The van der Waals surface area contributed by atoms with Crippen LogP contribution in [0.2, 0.25) is 0 Å². The molecule has 0 spiro atoms. The zero-order chi connectivity index (χ0) is 6.95. The van der Waals surface area contributed by atoms with Crippen LogP contribution in [0, 0.1) is 0 Å². The van der Waals surface area contributed by atoms with E-state index in [1.807, 2.05) is 17.8 Å². The first kappa shape index (κ1) is 9.18. The molecule has 0 atom stereocenters. The minimum Gasteiger partial charge on any atom is -0.175 e. The van der Waals surface area contributed by atoms with Gasteiger partial charge < -0.3 is 0 Å². The molecule has 0 rings (SSSR count). The van der Waals surface area contributed by atoms with E-state index in [1.165, 1.54) is 0 Å². The summed E-state index contributed by atoms with van der Waals surface area (Å²) in [7, 11) is 0. The van der Waals surface area contributed by atoms with Crippen molar-refractivity contribution in [2.24, 2.45) is 0 Å². The summed E-state index contributed by atoms with van der Waals surface area (Å²) in [6.45, 7) is 3.62. The second kappa shape index (κ2) is 8.18. The standard InChI is InChI=1S/C7H12S2/c1-2-6-9-7-4-3-5-8/h2-4,8H,1,5-7H2/b4-3+. The number of rotatable bonds is 5. The SMILES string of the molecule is C=CCSC/C=C/CS. The van der Waals surface area contributed by atoms with Crippen LogP contribution in [-0.4, -0.2) is 17.3 Å². The Balaban J connectivity index is 2.90. The molecule has 0 nitrogen and oxygen atoms in total. The van der Waals surface area contributed by atoms with E-state index in [-0.39, 0.29) is 0 Å². The predicted octanol–water partition coefficient (Wildman–Crippen LogP) is 2.39. The number of hydrogen-bond donors (Lipinski definition) is 1. The van der Waals surface area contributed by atoms with Gasteiger partial charge in [-0.05, 0) is 0 Å². The molecule has 0 aliphatic carbocycles. The van der Waals surface area contributed by atoms with E-state index in [1.54, 1.807) is 0 Å². The third kappa shape index (κ3) is 8.18. The van der Waals surface area contributed by atoms with Gasteiger partial charge in [0.25, 0.3) is 0 Å². The topological polar surface area (TPSA) is 0 Å². The average Bonchev–Trinajstić information content (AvgIpc) is 1.89. The van der Waals surface area contributed by atoms with Crippen LogP contribution >= 0.6 is 24.4 Å². The van der Waals surface area contributed by atoms with Crippen LogP contribution in [0.3, 0.4) is 0 Å². The van der Waals surface area contributed by atoms with Gasteiger partial charge in [0.15, 0.2) is 0 Å². The van der Waals surface area contributed by atoms with E-state index in [4.69, 9.17) is 0 Å². The maximum absolute atomic E-state index is 4.03. The molecule has 0 saturated carbocycles. The van der Waals surface area contributed by atoms with Crippen LogP contribution in [0.15, 0.2) is 24.8 Å². The Morgan fingerprint density at radius 2 is 2.11 bits per heavy atom. The van der Waals surface area contributed by atoms with Crippen LogP contribution in [0.25, 0.3) is 0 Å². The summed E-state index contributed by atoms with van der Waals surface area (Å²) in [5.41, 5.74) is 0. The Kier molecular flexibility index (Phi) is 8.34. The van der Waals surface area contributed by atoms with Crippen molar-refractivity contribution < 1.29 is 0 Å². The van der Waals surface area contributed by atoms with Crippen LogP contribution in [0.1, 0.15) is 0 Å². The third-order valence-corrected chi connectivity index (χ3v) is 1.83. The number of thioether (sulfide) groups is 1. The lowest BCUT2D eigenvalue weighted by atomic mass is 10.6. The summed E-state index contributed by atoms with van der Waals surface area (Å²) in [4.78, 5) is 0. The highest BCUT2D eigenvalue weighted by Gasteiger charge is 1.76. The van der Waals surface area contributed by atoms with Gasteiger partial charge in [0, 0.05) is 17.3 Å². The van der Waals surface area contributed by atoms with Crippen LogP contribution in [0.4, 0.5) is 0 Å². The lowest BCUT2D eigenvalue weighted by molar-refractivity contribution is 1.66. The molecular formula is C7H12S2. The molecule has 9 heavy (non-hydrogen) atoms. The Labute approximate surface area is 66.8 Å². The van der Waals surface area contributed by atoms with E-state index < -0.39 is 0 Å². The highest BCUT2D eigenvalue weighted by Crippen LogP contribution is 1.99. The molecule has 52 valence electrons. The van der Waals surface area contributed by atoms with Crippen molar-refractivity contribution in [3.05, 3.63) is 24.8 Å². The molecule has 0 amide bonds. The van der Waals surface area contributed by atoms with E-state index in [2.05, 4.69) is 31.4 Å². The lowest BCUT2D eigenvalue weighted by Gasteiger charge is -1.87. The van der Waals surface area contributed by atoms with Crippen LogP contribution in [-0.2, 0) is 0 Å². The van der Waals surface area contributed by atoms with Crippen LogP contribution < -0.4 is 0 Å². The number of thiol groups is 1. The molecule has 0 heterocycles. The van der Waals surface area contributed by atoms with Crippen molar-refractivity contribution in [2.75, 3.05) is 17.3 Å². The summed E-state index contributed by atoms with van der Waals surface area (Å²) < 4.78 is 0. The van der Waals surface area contributed by atoms with Gasteiger partial charge in [-0.15, -0.1) is 6.58 Å². The van der Waals surface area contributed by atoms with Crippen molar-refractivity contribution >= 4 is 24.4 Å². The molecule has 0 saturated heterocycles. The molecule has 0 aliphatic rings. The zero-order valence-corrected chi connectivity index (χ0v) is 7.13. The fourth-order valence-corrected chi connectivity index (χ4v) is 1.09. The van der Waals surface area contributed by atoms with Gasteiger partial charge in [0.1, 0.15) is 0 Å². The summed E-state index contributed by atoms with van der Waals surface area (Å²) in [6, 6.07) is 0. The first-order chi connectivity index (χ1) is 4.41. The third-order valence-electron chi connectivity index (χ3n) is 0.722. The molecule has 2 heteroatoms. The molecule has 0 aromatic heterocycles. The molecule has 0 aromatic carbocycles. The second-order valence-corrected chi connectivity index (χ2v) is 2.92. The van der Waals surface area contributed by atoms with Crippen LogP contribution in [0.5, 0.6) is 0 Å². The number of hydrogen-bond acceptors (Lipinski definition) is 2. The van der Waals surface area contributed by atoms with Crippen molar-refractivity contribution in [3.63, 3.8) is 0 Å². The zero-order valence-electron chi connectivity index (χ0n) is 5.42. The Morgan fingerprint density at radius 1 is 1.33 bits per heavy atom. The summed E-state index contributed by atoms with van der Waals surface area (Å²) >= 11 is 5.88. The molecule has 0 N–H and O–H groups in total. The first-order valence-corrected chi connectivity index (χ1v) is 4.65. The molecule has 0 radical (unpaired) electrons. The normalized spacial score (nSPS) is 10.3. The fourth-order valence-electron chi connectivity index (χ4n) is 0.362. The smallest absolute Gasteiger partial charge is 0.0116 e. The molecule has 0 aromatic rings. The van der Waals surface area contributed by atoms with Gasteiger partial charge in [-0.1, -0.05) is 18.2 Å². The Hall–Kier alpha value is 0.180. The quantitative estimate of drug-likeness (QED) is 0.366. The summed E-state index contributed by atoms with van der Waals surface area (Å²) in [5, 5.41) is 0. The van der Waals surface area contributed by atoms with Gasteiger partial charge >= 0.3 is 0 Å². The summed E-state index contributed by atoms with van der Waals surface area (Å²) in [6.07, 6.45) is 6.10. The maximum atomic E-state index is 4.03. The van der Waals surface area contributed by atoms with E-state index in [0.29, 0.717) is 0 Å². The van der Waals surface area contributed by atoms with Gasteiger partial charge in [0.2, 0.25) is 0 Å². The Morgan fingerprint density at radius 3 is 2.67 bits per heavy atom. The van der Waals surface area contributed by atoms with Crippen molar-refractivity contribution in [1.82, 2.24) is 0 Å². The minimum atomic E-state index is 0.842. The van der Waals surface area contributed by atoms with Crippen molar-refractivity contribution in [1.29, 1.82) is 0 Å². The highest BCUT2D eigenvalue weighted by atomic mass is 32.2. The molecule has 0 unspecified atom stereocenters. The first-order valence-electron chi connectivity index (χ1n) is 2.86.